The maximum absolute atomic E-state index is 11.1. The molecule has 0 fully saturated rings. The van der Waals surface area contributed by atoms with Gasteiger partial charge in [-0.25, -0.2) is 4.79 Å². The number of halogens is 1. The summed E-state index contributed by atoms with van der Waals surface area (Å²) in [5.41, 5.74) is 3.18. The third-order valence-electron chi connectivity index (χ3n) is 3.67. The first-order valence-electron chi connectivity index (χ1n) is 7.08. The largest absolute Gasteiger partial charge is 0.477 e. The van der Waals surface area contributed by atoms with E-state index < -0.39 is 5.97 Å². The number of rotatable bonds is 7. The summed E-state index contributed by atoms with van der Waals surface area (Å²) in [6.45, 7) is 4.05. The first-order chi connectivity index (χ1) is 10.5. The summed E-state index contributed by atoms with van der Waals surface area (Å²) in [5, 5.41) is 16.4. The van der Waals surface area contributed by atoms with Crippen LogP contribution in [0.3, 0.4) is 0 Å². The zero-order valence-electron chi connectivity index (χ0n) is 12.7. The van der Waals surface area contributed by atoms with Gasteiger partial charge in [-0.2, -0.15) is 0 Å². The van der Waals surface area contributed by atoms with Gasteiger partial charge >= 0.3 is 5.97 Å². The lowest BCUT2D eigenvalue weighted by molar-refractivity contribution is 0.0686. The fourth-order valence-electron chi connectivity index (χ4n) is 2.26. The molecule has 0 aliphatic rings. The van der Waals surface area contributed by atoms with Gasteiger partial charge in [0.2, 0.25) is 0 Å². The van der Waals surface area contributed by atoms with Crippen molar-refractivity contribution in [2.75, 3.05) is 18.4 Å². The Kier molecular flexibility index (Phi) is 5.46. The van der Waals surface area contributed by atoms with Crippen LogP contribution in [0.5, 0.6) is 0 Å². The Morgan fingerprint density at radius 2 is 2.05 bits per heavy atom. The van der Waals surface area contributed by atoms with Gasteiger partial charge in [0.25, 0.3) is 0 Å². The van der Waals surface area contributed by atoms with Crippen molar-refractivity contribution in [1.82, 2.24) is 9.88 Å². The van der Waals surface area contributed by atoms with Crippen LogP contribution < -0.4 is 10.6 Å². The van der Waals surface area contributed by atoms with Crippen LogP contribution in [0, 0.1) is 6.92 Å². The van der Waals surface area contributed by atoms with Crippen molar-refractivity contribution >= 4 is 23.3 Å². The SMILES string of the molecule is Cc1c(CNCCNc2ccccc2Cl)cc(C(=O)O)n1C. The van der Waals surface area contributed by atoms with Crippen LogP contribution in [0.1, 0.15) is 21.7 Å². The molecule has 1 aromatic carbocycles. The van der Waals surface area contributed by atoms with Crippen molar-refractivity contribution in [3.8, 4) is 0 Å². The standard InChI is InChI=1S/C16H20ClN3O2/c1-11-12(9-15(16(21)22)20(11)2)10-18-7-8-19-14-6-4-3-5-13(14)17/h3-6,9,18-19H,7-8,10H2,1-2H3,(H,21,22). The molecule has 1 aromatic heterocycles. The summed E-state index contributed by atoms with van der Waals surface area (Å²) < 4.78 is 1.70. The molecule has 3 N–H and O–H groups in total. The molecule has 0 bridgehead atoms. The monoisotopic (exact) mass is 321 g/mol. The zero-order chi connectivity index (χ0) is 16.1. The maximum Gasteiger partial charge on any atom is 0.352 e. The number of para-hydroxylation sites is 1. The number of nitrogens with zero attached hydrogens (tertiary/aromatic N) is 1. The number of aromatic carboxylic acids is 1. The van der Waals surface area contributed by atoms with E-state index in [9.17, 15) is 4.79 Å². The summed E-state index contributed by atoms with van der Waals surface area (Å²) in [6, 6.07) is 9.32. The smallest absolute Gasteiger partial charge is 0.352 e. The van der Waals surface area contributed by atoms with E-state index in [4.69, 9.17) is 16.7 Å². The van der Waals surface area contributed by atoms with Gasteiger partial charge in [-0.15, -0.1) is 0 Å². The molecule has 0 saturated heterocycles. The third kappa shape index (κ3) is 3.81. The van der Waals surface area contributed by atoms with E-state index in [1.807, 2.05) is 31.2 Å². The lowest BCUT2D eigenvalue weighted by Gasteiger charge is -2.09. The Bertz CT molecular complexity index is 667. The van der Waals surface area contributed by atoms with Gasteiger partial charge in [-0.3, -0.25) is 0 Å². The minimum atomic E-state index is -0.905. The molecule has 0 aliphatic carbocycles. The molecule has 0 radical (unpaired) electrons. The van der Waals surface area contributed by atoms with Crippen LogP contribution in [-0.4, -0.2) is 28.7 Å². The number of carboxylic acid groups (broad SMARTS) is 1. The summed E-state index contributed by atoms with van der Waals surface area (Å²) in [7, 11) is 1.77. The molecular weight excluding hydrogens is 302 g/mol. The van der Waals surface area contributed by atoms with Crippen LogP contribution in [0.2, 0.25) is 5.02 Å². The van der Waals surface area contributed by atoms with Crippen molar-refractivity contribution in [1.29, 1.82) is 0 Å². The Morgan fingerprint density at radius 1 is 1.32 bits per heavy atom. The third-order valence-corrected chi connectivity index (χ3v) is 4.00. The highest BCUT2D eigenvalue weighted by Gasteiger charge is 2.13. The van der Waals surface area contributed by atoms with Crippen LogP contribution >= 0.6 is 11.6 Å². The van der Waals surface area contributed by atoms with Crippen LogP contribution in [0.25, 0.3) is 0 Å². The summed E-state index contributed by atoms with van der Waals surface area (Å²) in [6.07, 6.45) is 0. The van der Waals surface area contributed by atoms with E-state index in [2.05, 4.69) is 10.6 Å². The van der Waals surface area contributed by atoms with E-state index in [0.717, 1.165) is 30.0 Å². The fourth-order valence-corrected chi connectivity index (χ4v) is 2.46. The molecule has 0 unspecified atom stereocenters. The molecule has 22 heavy (non-hydrogen) atoms. The Hall–Kier alpha value is -1.98. The molecule has 2 aromatic rings. The number of hydrogen-bond acceptors (Lipinski definition) is 3. The van der Waals surface area contributed by atoms with Crippen molar-refractivity contribution in [2.24, 2.45) is 7.05 Å². The minimum absolute atomic E-state index is 0.309. The van der Waals surface area contributed by atoms with E-state index in [1.165, 1.54) is 0 Å². The van der Waals surface area contributed by atoms with Gasteiger partial charge in [-0.05, 0) is 30.7 Å². The Labute approximate surface area is 134 Å². The lowest BCUT2D eigenvalue weighted by atomic mass is 10.2. The molecule has 5 nitrogen and oxygen atoms in total. The van der Waals surface area contributed by atoms with E-state index in [1.54, 1.807) is 17.7 Å². The maximum atomic E-state index is 11.1. The molecular formula is C16H20ClN3O2. The van der Waals surface area contributed by atoms with Crippen molar-refractivity contribution in [2.45, 2.75) is 13.5 Å². The van der Waals surface area contributed by atoms with Crippen LogP contribution in [0.4, 0.5) is 5.69 Å². The number of anilines is 1. The van der Waals surface area contributed by atoms with Crippen molar-refractivity contribution in [3.63, 3.8) is 0 Å². The lowest BCUT2D eigenvalue weighted by Crippen LogP contribution is -2.22. The van der Waals surface area contributed by atoms with Gasteiger partial charge in [0, 0.05) is 32.4 Å². The number of hydrogen-bond donors (Lipinski definition) is 3. The Morgan fingerprint density at radius 3 is 2.68 bits per heavy atom. The average molecular weight is 322 g/mol. The Balaban J connectivity index is 1.81. The fraction of sp³-hybridized carbons (Fsp3) is 0.312. The van der Waals surface area contributed by atoms with Crippen molar-refractivity contribution in [3.05, 3.63) is 52.3 Å². The highest BCUT2D eigenvalue weighted by molar-refractivity contribution is 6.33. The van der Waals surface area contributed by atoms with Crippen LogP contribution in [-0.2, 0) is 13.6 Å². The number of carbonyl (C=O) groups is 1. The first-order valence-corrected chi connectivity index (χ1v) is 7.46. The molecule has 0 spiro atoms. The highest BCUT2D eigenvalue weighted by Crippen LogP contribution is 2.19. The molecule has 0 atom stereocenters. The highest BCUT2D eigenvalue weighted by atomic mass is 35.5. The molecule has 6 heteroatoms. The van der Waals surface area contributed by atoms with Gasteiger partial charge < -0.3 is 20.3 Å². The second-order valence-electron chi connectivity index (χ2n) is 5.09. The number of carboxylic acids is 1. The summed E-state index contributed by atoms with van der Waals surface area (Å²) in [5.74, 6) is -0.905. The molecule has 118 valence electrons. The van der Waals surface area contributed by atoms with Crippen molar-refractivity contribution < 1.29 is 9.90 Å². The number of benzene rings is 1. The van der Waals surface area contributed by atoms with Gasteiger partial charge in [0.15, 0.2) is 0 Å². The molecule has 0 amide bonds. The summed E-state index contributed by atoms with van der Waals surface area (Å²) in [4.78, 5) is 11.1. The van der Waals surface area contributed by atoms with E-state index in [-0.39, 0.29) is 0 Å². The molecule has 2 rings (SSSR count). The quantitative estimate of drug-likeness (QED) is 0.686. The predicted molar refractivity (Wildman–Crippen MR) is 88.8 cm³/mol. The first kappa shape index (κ1) is 16.4. The second-order valence-corrected chi connectivity index (χ2v) is 5.49. The number of nitrogens with one attached hydrogen (secondary N) is 2. The predicted octanol–water partition coefficient (Wildman–Crippen LogP) is 2.89. The average Bonchev–Trinajstić information content (AvgIpc) is 2.77. The zero-order valence-corrected chi connectivity index (χ0v) is 13.4. The molecule has 1 heterocycles. The minimum Gasteiger partial charge on any atom is -0.477 e. The van der Waals surface area contributed by atoms with Gasteiger partial charge in [0.1, 0.15) is 5.69 Å². The normalized spacial score (nSPS) is 10.7. The molecule has 0 aliphatic heterocycles. The van der Waals surface area contributed by atoms with Crippen LogP contribution in [0.15, 0.2) is 30.3 Å². The second kappa shape index (κ2) is 7.33. The van der Waals surface area contributed by atoms with E-state index >= 15 is 0 Å². The van der Waals surface area contributed by atoms with Gasteiger partial charge in [0.05, 0.1) is 10.7 Å². The van der Waals surface area contributed by atoms with E-state index in [0.29, 0.717) is 17.3 Å². The molecule has 0 saturated carbocycles. The topological polar surface area (TPSA) is 66.3 Å². The number of aromatic nitrogens is 1. The van der Waals surface area contributed by atoms with Gasteiger partial charge in [-0.1, -0.05) is 23.7 Å². The summed E-state index contributed by atoms with van der Waals surface area (Å²) >= 11 is 6.06.